The van der Waals surface area contributed by atoms with Gasteiger partial charge in [-0.15, -0.1) is 0 Å². The Kier molecular flexibility index (Phi) is 5.88. The van der Waals surface area contributed by atoms with Crippen LogP contribution in [0.2, 0.25) is 0 Å². The van der Waals surface area contributed by atoms with E-state index < -0.39 is 0 Å². The Bertz CT molecular complexity index is 253. The fourth-order valence-corrected chi connectivity index (χ4v) is 2.31. The van der Waals surface area contributed by atoms with Gasteiger partial charge in [0.05, 0.1) is 6.04 Å². The second-order valence-electron chi connectivity index (χ2n) is 4.75. The quantitative estimate of drug-likeness (QED) is 0.610. The summed E-state index contributed by atoms with van der Waals surface area (Å²) in [5.41, 5.74) is 5.57. The second-order valence-corrected chi connectivity index (χ2v) is 5.58. The summed E-state index contributed by atoms with van der Waals surface area (Å²) in [5.74, 6) is 1.71. The Balaban J connectivity index is 2.32. The van der Waals surface area contributed by atoms with E-state index in [9.17, 15) is 0 Å². The normalized spacial score (nSPS) is 27.9. The van der Waals surface area contributed by atoms with Crippen molar-refractivity contribution in [2.75, 3.05) is 6.26 Å². The minimum atomic E-state index is 0.466. The van der Waals surface area contributed by atoms with Gasteiger partial charge in [-0.3, -0.25) is 4.99 Å². The van der Waals surface area contributed by atoms with Crippen LogP contribution in [0.25, 0.3) is 0 Å². The zero-order valence-electron chi connectivity index (χ0n) is 10.5. The number of nitrogens with zero attached hydrogens (tertiary/aromatic N) is 2. The molecule has 1 rings (SSSR count). The Morgan fingerprint density at radius 2 is 1.94 bits per heavy atom. The van der Waals surface area contributed by atoms with E-state index in [0.717, 1.165) is 11.8 Å². The van der Waals surface area contributed by atoms with Gasteiger partial charge in [0.2, 0.25) is 0 Å². The maximum atomic E-state index is 5.57. The van der Waals surface area contributed by atoms with Crippen LogP contribution in [-0.4, -0.2) is 23.8 Å². The van der Waals surface area contributed by atoms with Crippen molar-refractivity contribution >= 4 is 23.3 Å². The number of hydrogen-bond donors (Lipinski definition) is 1. The van der Waals surface area contributed by atoms with Gasteiger partial charge in [0.25, 0.3) is 0 Å². The summed E-state index contributed by atoms with van der Waals surface area (Å²) in [5, 5.41) is 0.583. The predicted octanol–water partition coefficient (Wildman–Crippen LogP) is 2.91. The molecule has 0 spiro atoms. The number of nitrogens with two attached hydrogens (primary N) is 1. The van der Waals surface area contributed by atoms with Gasteiger partial charge in [-0.1, -0.05) is 25.6 Å². The number of aliphatic imine (C=N–C) groups is 2. The lowest BCUT2D eigenvalue weighted by Crippen LogP contribution is -2.20. The van der Waals surface area contributed by atoms with Crippen LogP contribution in [0.3, 0.4) is 0 Å². The molecule has 1 saturated carbocycles. The Morgan fingerprint density at radius 3 is 2.44 bits per heavy atom. The molecule has 92 valence electrons. The zero-order valence-corrected chi connectivity index (χ0v) is 11.3. The van der Waals surface area contributed by atoms with Crippen LogP contribution in [0.5, 0.6) is 0 Å². The van der Waals surface area contributed by atoms with Crippen LogP contribution in [-0.2, 0) is 0 Å². The molecule has 16 heavy (non-hydrogen) atoms. The monoisotopic (exact) mass is 241 g/mol. The number of amidine groups is 1. The van der Waals surface area contributed by atoms with Gasteiger partial charge in [-0.05, 0) is 43.8 Å². The lowest BCUT2D eigenvalue weighted by molar-refractivity contribution is 0.260. The number of rotatable bonds is 3. The summed E-state index contributed by atoms with van der Waals surface area (Å²) < 4.78 is 0. The molecule has 0 unspecified atom stereocenters. The van der Waals surface area contributed by atoms with E-state index in [-0.39, 0.29) is 0 Å². The molecular weight excluding hydrogens is 218 g/mol. The fourth-order valence-electron chi connectivity index (χ4n) is 2.15. The number of hydrogen-bond acceptors (Lipinski definition) is 2. The highest BCUT2D eigenvalue weighted by Gasteiger charge is 2.22. The molecule has 0 aromatic rings. The minimum absolute atomic E-state index is 0.466. The van der Waals surface area contributed by atoms with Crippen LogP contribution in [0, 0.1) is 11.8 Å². The molecule has 1 aliphatic rings. The van der Waals surface area contributed by atoms with Crippen LogP contribution < -0.4 is 5.73 Å². The lowest BCUT2D eigenvalue weighted by atomic mass is 9.80. The summed E-state index contributed by atoms with van der Waals surface area (Å²) in [4.78, 5) is 8.52. The first-order valence-electron chi connectivity index (χ1n) is 6.02. The minimum Gasteiger partial charge on any atom is -0.378 e. The average molecular weight is 241 g/mol. The van der Waals surface area contributed by atoms with Gasteiger partial charge in [-0.25, -0.2) is 4.99 Å². The second kappa shape index (κ2) is 6.94. The molecule has 3 nitrogen and oxygen atoms in total. The van der Waals surface area contributed by atoms with E-state index in [0.29, 0.717) is 11.2 Å². The maximum Gasteiger partial charge on any atom is 0.159 e. The highest BCUT2D eigenvalue weighted by atomic mass is 32.2. The first-order chi connectivity index (χ1) is 7.63. The predicted molar refractivity (Wildman–Crippen MR) is 74.2 cm³/mol. The summed E-state index contributed by atoms with van der Waals surface area (Å²) in [7, 11) is 0. The molecule has 0 heterocycles. The van der Waals surface area contributed by atoms with E-state index in [1.807, 2.05) is 6.26 Å². The first kappa shape index (κ1) is 13.6. The Labute approximate surface area is 103 Å². The van der Waals surface area contributed by atoms with Gasteiger partial charge < -0.3 is 5.73 Å². The molecule has 1 fully saturated rings. The van der Waals surface area contributed by atoms with Crippen LogP contribution in [0.4, 0.5) is 0 Å². The van der Waals surface area contributed by atoms with Crippen molar-refractivity contribution in [1.29, 1.82) is 0 Å². The molecule has 1 aliphatic carbocycles. The zero-order chi connectivity index (χ0) is 12.0. The highest BCUT2D eigenvalue weighted by molar-refractivity contribution is 8.13. The van der Waals surface area contributed by atoms with E-state index in [4.69, 9.17) is 5.73 Å². The SMILES string of the molecule is CSC(N)=NC=NC1CCC(C(C)C)CC1. The average Bonchev–Trinajstić information content (AvgIpc) is 2.29. The van der Waals surface area contributed by atoms with E-state index in [2.05, 4.69) is 23.8 Å². The van der Waals surface area contributed by atoms with Crippen molar-refractivity contribution in [3.8, 4) is 0 Å². The van der Waals surface area contributed by atoms with Crippen molar-refractivity contribution < 1.29 is 0 Å². The first-order valence-corrected chi connectivity index (χ1v) is 7.25. The molecule has 0 amide bonds. The number of thioether (sulfide) groups is 1. The molecule has 0 aromatic carbocycles. The third-order valence-electron chi connectivity index (χ3n) is 3.36. The molecule has 0 aliphatic heterocycles. The van der Waals surface area contributed by atoms with Crippen molar-refractivity contribution in [3.05, 3.63) is 0 Å². The Hall–Kier alpha value is -0.510. The van der Waals surface area contributed by atoms with Crippen LogP contribution in [0.15, 0.2) is 9.98 Å². The summed E-state index contributed by atoms with van der Waals surface area (Å²) in [6.07, 6.45) is 8.57. The van der Waals surface area contributed by atoms with Gasteiger partial charge in [0, 0.05) is 0 Å². The van der Waals surface area contributed by atoms with Crippen molar-refractivity contribution in [2.45, 2.75) is 45.6 Å². The molecule has 4 heteroatoms. The molecule has 0 bridgehead atoms. The molecule has 2 N–H and O–H groups in total. The van der Waals surface area contributed by atoms with Gasteiger partial charge in [0.15, 0.2) is 5.17 Å². The maximum absolute atomic E-state index is 5.57. The van der Waals surface area contributed by atoms with Crippen molar-refractivity contribution in [2.24, 2.45) is 27.6 Å². The summed E-state index contributed by atoms with van der Waals surface area (Å²) in [6.45, 7) is 4.63. The lowest BCUT2D eigenvalue weighted by Gasteiger charge is -2.28. The smallest absolute Gasteiger partial charge is 0.159 e. The van der Waals surface area contributed by atoms with Crippen LogP contribution >= 0.6 is 11.8 Å². The van der Waals surface area contributed by atoms with E-state index in [1.54, 1.807) is 6.34 Å². The molecule has 0 saturated heterocycles. The van der Waals surface area contributed by atoms with Crippen LogP contribution in [0.1, 0.15) is 39.5 Å². The topological polar surface area (TPSA) is 50.7 Å². The standard InChI is InChI=1S/C12H23N3S/c1-9(2)10-4-6-11(7-5-10)14-8-15-12(13)16-3/h8-11H,4-7H2,1-3H3,(H2,13,14,15). The van der Waals surface area contributed by atoms with E-state index in [1.165, 1.54) is 37.4 Å². The molecule has 0 aromatic heterocycles. The summed E-state index contributed by atoms with van der Waals surface area (Å²) >= 11 is 1.45. The van der Waals surface area contributed by atoms with Crippen molar-refractivity contribution in [1.82, 2.24) is 0 Å². The molecule has 0 radical (unpaired) electrons. The van der Waals surface area contributed by atoms with Gasteiger partial charge in [-0.2, -0.15) is 0 Å². The Morgan fingerprint density at radius 1 is 1.31 bits per heavy atom. The fraction of sp³-hybridized carbons (Fsp3) is 0.833. The van der Waals surface area contributed by atoms with Gasteiger partial charge >= 0.3 is 0 Å². The molecular formula is C12H23N3S. The summed E-state index contributed by atoms with van der Waals surface area (Å²) in [6, 6.07) is 0.466. The third-order valence-corrected chi connectivity index (χ3v) is 3.88. The largest absolute Gasteiger partial charge is 0.378 e. The van der Waals surface area contributed by atoms with Gasteiger partial charge in [0.1, 0.15) is 6.34 Å². The highest BCUT2D eigenvalue weighted by Crippen LogP contribution is 2.30. The van der Waals surface area contributed by atoms with Crippen molar-refractivity contribution in [3.63, 3.8) is 0 Å². The third kappa shape index (κ3) is 4.56. The van der Waals surface area contributed by atoms with E-state index >= 15 is 0 Å². The molecule has 0 atom stereocenters.